The molecular weight excluding hydrogens is 257 g/mol. The molecule has 19 heavy (non-hydrogen) atoms. The standard InChI is InChI=1S/C13H15F3N2O/c1-9-6-7-10-4-2-3-5-11(10)18(9)12(19)17-8-13(14,15)16/h2-5,9H,6-8H2,1H3,(H,17,19). The number of rotatable bonds is 1. The molecule has 104 valence electrons. The summed E-state index contributed by atoms with van der Waals surface area (Å²) in [5, 5.41) is 1.93. The Labute approximate surface area is 109 Å². The molecule has 1 aliphatic heterocycles. The maximum absolute atomic E-state index is 12.1. The number of fused-ring (bicyclic) bond motifs is 1. The molecule has 1 aromatic rings. The van der Waals surface area contributed by atoms with E-state index in [1.54, 1.807) is 12.1 Å². The lowest BCUT2D eigenvalue weighted by Gasteiger charge is -2.35. The average molecular weight is 272 g/mol. The van der Waals surface area contributed by atoms with E-state index < -0.39 is 18.8 Å². The van der Waals surface area contributed by atoms with E-state index in [9.17, 15) is 18.0 Å². The molecule has 0 radical (unpaired) electrons. The van der Waals surface area contributed by atoms with Gasteiger partial charge in [0.1, 0.15) is 6.54 Å². The number of hydrogen-bond acceptors (Lipinski definition) is 1. The van der Waals surface area contributed by atoms with Crippen molar-refractivity contribution in [1.82, 2.24) is 5.32 Å². The number of benzene rings is 1. The topological polar surface area (TPSA) is 32.3 Å². The predicted octanol–water partition coefficient (Wildman–Crippen LogP) is 3.10. The molecular formula is C13H15F3N2O. The highest BCUT2D eigenvalue weighted by molar-refractivity contribution is 5.93. The van der Waals surface area contributed by atoms with Crippen LogP contribution in [0.3, 0.4) is 0 Å². The third-order valence-corrected chi connectivity index (χ3v) is 3.18. The Morgan fingerprint density at radius 2 is 2.11 bits per heavy atom. The highest BCUT2D eigenvalue weighted by Gasteiger charge is 2.32. The van der Waals surface area contributed by atoms with E-state index in [1.165, 1.54) is 4.90 Å². The molecule has 0 aromatic heterocycles. The maximum atomic E-state index is 12.1. The Morgan fingerprint density at radius 3 is 2.79 bits per heavy atom. The summed E-state index contributed by atoms with van der Waals surface area (Å²) in [6, 6.07) is 6.49. The minimum absolute atomic E-state index is 0.108. The van der Waals surface area contributed by atoms with Crippen LogP contribution >= 0.6 is 0 Å². The lowest BCUT2D eigenvalue weighted by molar-refractivity contribution is -0.122. The molecule has 3 nitrogen and oxygen atoms in total. The number of hydrogen-bond donors (Lipinski definition) is 1. The van der Waals surface area contributed by atoms with Gasteiger partial charge in [0, 0.05) is 11.7 Å². The van der Waals surface area contributed by atoms with Gasteiger partial charge in [-0.15, -0.1) is 0 Å². The van der Waals surface area contributed by atoms with Gasteiger partial charge in [0.25, 0.3) is 0 Å². The first-order valence-electron chi connectivity index (χ1n) is 6.10. The summed E-state index contributed by atoms with van der Waals surface area (Å²) in [6.07, 6.45) is -2.81. The van der Waals surface area contributed by atoms with Crippen LogP contribution in [0.1, 0.15) is 18.9 Å². The van der Waals surface area contributed by atoms with Crippen molar-refractivity contribution in [3.8, 4) is 0 Å². The van der Waals surface area contributed by atoms with Crippen molar-refractivity contribution in [2.75, 3.05) is 11.4 Å². The molecule has 1 unspecified atom stereocenters. The summed E-state index contributed by atoms with van der Waals surface area (Å²) in [5.74, 6) is 0. The van der Waals surface area contributed by atoms with Crippen LogP contribution in [0.5, 0.6) is 0 Å². The lowest BCUT2D eigenvalue weighted by Crippen LogP contribution is -2.49. The number of amides is 2. The fourth-order valence-electron chi connectivity index (χ4n) is 2.26. The fourth-order valence-corrected chi connectivity index (χ4v) is 2.26. The molecule has 2 rings (SSSR count). The summed E-state index contributed by atoms with van der Waals surface area (Å²) in [6.45, 7) is 0.528. The van der Waals surface area contributed by atoms with Crippen LogP contribution in [0.2, 0.25) is 0 Å². The zero-order valence-corrected chi connectivity index (χ0v) is 10.5. The van der Waals surface area contributed by atoms with E-state index in [-0.39, 0.29) is 6.04 Å². The summed E-state index contributed by atoms with van der Waals surface area (Å²) in [4.78, 5) is 13.3. The number of para-hydroxylation sites is 1. The van der Waals surface area contributed by atoms with E-state index in [1.807, 2.05) is 24.4 Å². The van der Waals surface area contributed by atoms with Gasteiger partial charge in [0.15, 0.2) is 0 Å². The molecule has 0 spiro atoms. The quantitative estimate of drug-likeness (QED) is 0.837. The molecule has 0 saturated heterocycles. The van der Waals surface area contributed by atoms with Gasteiger partial charge < -0.3 is 5.32 Å². The SMILES string of the molecule is CC1CCc2ccccc2N1C(=O)NCC(F)(F)F. The van der Waals surface area contributed by atoms with Gasteiger partial charge in [0.2, 0.25) is 0 Å². The number of carbonyl (C=O) groups excluding carboxylic acids is 1. The van der Waals surface area contributed by atoms with Crippen molar-refractivity contribution in [3.63, 3.8) is 0 Å². The summed E-state index contributed by atoms with van der Waals surface area (Å²) in [7, 11) is 0. The third kappa shape index (κ3) is 3.19. The normalized spacial score (nSPS) is 18.9. The van der Waals surface area contributed by atoms with Crippen LogP contribution in [-0.2, 0) is 6.42 Å². The number of nitrogens with one attached hydrogen (secondary N) is 1. The number of halogens is 3. The van der Waals surface area contributed by atoms with Crippen LogP contribution in [0, 0.1) is 0 Å². The second-order valence-corrected chi connectivity index (χ2v) is 4.66. The monoisotopic (exact) mass is 272 g/mol. The molecule has 1 aromatic carbocycles. The predicted molar refractivity (Wildman–Crippen MR) is 66.2 cm³/mol. The number of aryl methyl sites for hydroxylation is 1. The van der Waals surface area contributed by atoms with Crippen LogP contribution in [0.15, 0.2) is 24.3 Å². The van der Waals surface area contributed by atoms with Gasteiger partial charge in [-0.3, -0.25) is 4.90 Å². The molecule has 6 heteroatoms. The molecule has 1 heterocycles. The van der Waals surface area contributed by atoms with E-state index in [4.69, 9.17) is 0 Å². The lowest BCUT2D eigenvalue weighted by atomic mass is 9.97. The first-order chi connectivity index (χ1) is 8.88. The number of alkyl halides is 3. The largest absolute Gasteiger partial charge is 0.405 e. The number of carbonyl (C=O) groups is 1. The van der Waals surface area contributed by atoms with Crippen molar-refractivity contribution in [1.29, 1.82) is 0 Å². The van der Waals surface area contributed by atoms with Gasteiger partial charge in [-0.25, -0.2) is 4.79 Å². The summed E-state index contributed by atoms with van der Waals surface area (Å²) >= 11 is 0. The molecule has 0 fully saturated rings. The van der Waals surface area contributed by atoms with Gasteiger partial charge >= 0.3 is 12.2 Å². The van der Waals surface area contributed by atoms with Crippen LogP contribution in [-0.4, -0.2) is 24.8 Å². The third-order valence-electron chi connectivity index (χ3n) is 3.18. The van der Waals surface area contributed by atoms with Gasteiger partial charge in [-0.2, -0.15) is 13.2 Å². The smallest absolute Gasteiger partial charge is 0.329 e. The number of nitrogens with zero attached hydrogens (tertiary/aromatic N) is 1. The van der Waals surface area contributed by atoms with Crippen LogP contribution < -0.4 is 10.2 Å². The summed E-state index contributed by atoms with van der Waals surface area (Å²) < 4.78 is 36.4. The van der Waals surface area contributed by atoms with E-state index in [2.05, 4.69) is 0 Å². The van der Waals surface area contributed by atoms with E-state index >= 15 is 0 Å². The molecule has 2 amide bonds. The first-order valence-corrected chi connectivity index (χ1v) is 6.10. The highest BCUT2D eigenvalue weighted by Crippen LogP contribution is 2.30. The second kappa shape index (κ2) is 5.11. The second-order valence-electron chi connectivity index (χ2n) is 4.66. The van der Waals surface area contributed by atoms with E-state index in [0.717, 1.165) is 18.4 Å². The molecule has 1 N–H and O–H groups in total. The average Bonchev–Trinajstić information content (AvgIpc) is 2.35. The minimum Gasteiger partial charge on any atom is -0.329 e. The highest BCUT2D eigenvalue weighted by atomic mass is 19.4. The van der Waals surface area contributed by atoms with Crippen molar-refractivity contribution in [2.24, 2.45) is 0 Å². The zero-order chi connectivity index (χ0) is 14.0. The van der Waals surface area contributed by atoms with Crippen molar-refractivity contribution < 1.29 is 18.0 Å². The minimum atomic E-state index is -4.39. The Balaban J connectivity index is 2.17. The molecule has 0 bridgehead atoms. The first kappa shape index (κ1) is 13.7. The van der Waals surface area contributed by atoms with Gasteiger partial charge in [0.05, 0.1) is 0 Å². The zero-order valence-electron chi connectivity index (χ0n) is 10.5. The summed E-state index contributed by atoms with van der Waals surface area (Å²) in [5.41, 5.74) is 1.68. The molecule has 1 atom stereocenters. The maximum Gasteiger partial charge on any atom is 0.405 e. The van der Waals surface area contributed by atoms with Gasteiger partial charge in [-0.05, 0) is 31.4 Å². The Morgan fingerprint density at radius 1 is 1.42 bits per heavy atom. The van der Waals surface area contributed by atoms with Crippen LogP contribution in [0.25, 0.3) is 0 Å². The Bertz CT molecular complexity index is 473. The number of anilines is 1. The fraction of sp³-hybridized carbons (Fsp3) is 0.462. The Hall–Kier alpha value is -1.72. The van der Waals surface area contributed by atoms with Crippen molar-refractivity contribution in [2.45, 2.75) is 32.0 Å². The number of urea groups is 1. The van der Waals surface area contributed by atoms with Gasteiger partial charge in [-0.1, -0.05) is 18.2 Å². The van der Waals surface area contributed by atoms with Crippen molar-refractivity contribution >= 4 is 11.7 Å². The van der Waals surface area contributed by atoms with Crippen LogP contribution in [0.4, 0.5) is 23.7 Å². The molecule has 0 saturated carbocycles. The van der Waals surface area contributed by atoms with Crippen molar-refractivity contribution in [3.05, 3.63) is 29.8 Å². The molecule has 0 aliphatic carbocycles. The van der Waals surface area contributed by atoms with E-state index in [0.29, 0.717) is 5.69 Å². The Kier molecular flexibility index (Phi) is 3.68. The molecule has 1 aliphatic rings.